The second-order valence-corrected chi connectivity index (χ2v) is 7.18. The van der Waals surface area contributed by atoms with Crippen LogP contribution in [0.5, 0.6) is 0 Å². The fourth-order valence-electron chi connectivity index (χ4n) is 4.68. The molecule has 10 heteroatoms. The van der Waals surface area contributed by atoms with Gasteiger partial charge in [0.25, 0.3) is 0 Å². The second kappa shape index (κ2) is 8.48. The van der Waals surface area contributed by atoms with Crippen LogP contribution in [-0.2, 0) is 9.59 Å². The van der Waals surface area contributed by atoms with E-state index in [0.717, 1.165) is 6.42 Å². The summed E-state index contributed by atoms with van der Waals surface area (Å²) in [4.78, 5) is 39.2. The van der Waals surface area contributed by atoms with E-state index in [0.29, 0.717) is 18.4 Å². The SMILES string of the molecule is CC(O)[C@H]1C(=O)N2C(C(=O)[O-])=C3[C@H](CCC[C@@H]3N(C)C(=O)NCCO)[C@H]12.[Na+]. The zero-order valence-electron chi connectivity index (χ0n) is 15.8. The molecule has 144 valence electrons. The van der Waals surface area contributed by atoms with Crippen molar-refractivity contribution in [3.05, 3.63) is 11.3 Å². The third-order valence-corrected chi connectivity index (χ3v) is 5.76. The van der Waals surface area contributed by atoms with Crippen LogP contribution in [0.4, 0.5) is 4.79 Å². The summed E-state index contributed by atoms with van der Waals surface area (Å²) in [6.07, 6.45) is 1.20. The Morgan fingerprint density at radius 1 is 1.41 bits per heavy atom. The number of likely N-dealkylation sites (N-methyl/N-ethyl adjacent to an activating group) is 1. The molecule has 1 saturated carbocycles. The van der Waals surface area contributed by atoms with Crippen LogP contribution in [0.3, 0.4) is 0 Å². The number of hydrogen-bond acceptors (Lipinski definition) is 6. The summed E-state index contributed by atoms with van der Waals surface area (Å²) in [7, 11) is 1.57. The second-order valence-electron chi connectivity index (χ2n) is 7.18. The van der Waals surface area contributed by atoms with Gasteiger partial charge in [0.1, 0.15) is 0 Å². The quantitative estimate of drug-likeness (QED) is 0.319. The molecule has 0 radical (unpaired) electrons. The molecule has 3 aliphatic rings. The maximum Gasteiger partial charge on any atom is 1.00 e. The largest absolute Gasteiger partial charge is 1.00 e. The molecular weight excluding hydrogens is 365 g/mol. The third kappa shape index (κ3) is 3.51. The molecule has 3 rings (SSSR count). The number of aliphatic hydroxyl groups excluding tert-OH is 2. The first-order chi connectivity index (χ1) is 12.3. The van der Waals surface area contributed by atoms with Gasteiger partial charge in [-0.15, -0.1) is 0 Å². The summed E-state index contributed by atoms with van der Waals surface area (Å²) >= 11 is 0. The van der Waals surface area contributed by atoms with Crippen molar-refractivity contribution in [1.29, 1.82) is 0 Å². The van der Waals surface area contributed by atoms with Crippen molar-refractivity contribution in [2.75, 3.05) is 20.2 Å². The molecule has 27 heavy (non-hydrogen) atoms. The van der Waals surface area contributed by atoms with Gasteiger partial charge < -0.3 is 35.2 Å². The van der Waals surface area contributed by atoms with Gasteiger partial charge in [-0.3, -0.25) is 4.79 Å². The maximum absolute atomic E-state index is 12.4. The van der Waals surface area contributed by atoms with Gasteiger partial charge in [0.05, 0.1) is 42.4 Å². The average molecular weight is 389 g/mol. The van der Waals surface area contributed by atoms with E-state index in [1.165, 1.54) is 16.7 Å². The Morgan fingerprint density at radius 3 is 2.63 bits per heavy atom. The smallest absolute Gasteiger partial charge is 0.543 e. The number of hydrogen-bond donors (Lipinski definition) is 3. The van der Waals surface area contributed by atoms with Gasteiger partial charge in [0.2, 0.25) is 5.91 Å². The number of nitrogens with one attached hydrogen (secondary N) is 1. The van der Waals surface area contributed by atoms with Gasteiger partial charge in [-0.05, 0) is 25.3 Å². The van der Waals surface area contributed by atoms with Crippen molar-refractivity contribution >= 4 is 17.9 Å². The molecular formula is C17H24N3NaO6. The minimum atomic E-state index is -1.43. The molecule has 1 unspecified atom stereocenters. The number of carbonyl (C=O) groups is 3. The average Bonchev–Trinajstić information content (AvgIpc) is 2.89. The van der Waals surface area contributed by atoms with Gasteiger partial charge in [0, 0.05) is 19.5 Å². The number of rotatable bonds is 5. The number of β-lactam (4-membered cyclic amide) rings is 1. The summed E-state index contributed by atoms with van der Waals surface area (Å²) in [6, 6.07) is -1.27. The van der Waals surface area contributed by atoms with Gasteiger partial charge in [-0.2, -0.15) is 0 Å². The van der Waals surface area contributed by atoms with Crippen LogP contribution in [0, 0.1) is 11.8 Å². The van der Waals surface area contributed by atoms with Crippen molar-refractivity contribution in [3.63, 3.8) is 0 Å². The van der Waals surface area contributed by atoms with Gasteiger partial charge in [-0.25, -0.2) is 4.79 Å². The number of amides is 3. The van der Waals surface area contributed by atoms with E-state index in [9.17, 15) is 24.6 Å². The van der Waals surface area contributed by atoms with E-state index in [2.05, 4.69) is 5.32 Å². The molecule has 2 aliphatic heterocycles. The standard InChI is InChI=1S/C17H25N3O6.Na/c1-8(22)11-13-9-4-3-5-10(19(2)17(26)18-6-7-21)12(9)14(16(24)25)20(13)15(11)23;/h8-11,13,21-22H,3-7H2,1-2H3,(H,18,26)(H,24,25);/q;+1/p-1/t8?,9-,10-,11+,13+;/m0./s1. The predicted molar refractivity (Wildman–Crippen MR) is 87.2 cm³/mol. The monoisotopic (exact) mass is 389 g/mol. The summed E-state index contributed by atoms with van der Waals surface area (Å²) in [6.45, 7) is 1.44. The molecule has 3 amide bonds. The van der Waals surface area contributed by atoms with E-state index in [-0.39, 0.29) is 60.4 Å². The summed E-state index contributed by atoms with van der Waals surface area (Å²) < 4.78 is 0. The Labute approximate surface area is 179 Å². The molecule has 1 aliphatic carbocycles. The molecule has 9 nitrogen and oxygen atoms in total. The summed E-state index contributed by atoms with van der Waals surface area (Å²) in [5.41, 5.74) is 0.396. The minimum absolute atomic E-state index is 0. The minimum Gasteiger partial charge on any atom is -0.543 e. The number of urea groups is 1. The first kappa shape index (κ1) is 22.2. The molecule has 0 spiro atoms. The van der Waals surface area contributed by atoms with Gasteiger partial charge in [0.15, 0.2) is 0 Å². The molecule has 1 saturated heterocycles. The molecule has 0 bridgehead atoms. The summed E-state index contributed by atoms with van der Waals surface area (Å²) in [5.74, 6) is -2.66. The number of carboxylic acid groups (broad SMARTS) is 1. The van der Waals surface area contributed by atoms with Crippen LogP contribution in [0.15, 0.2) is 11.3 Å². The van der Waals surface area contributed by atoms with Crippen molar-refractivity contribution in [1.82, 2.24) is 15.1 Å². The molecule has 2 heterocycles. The number of fused-ring (bicyclic) bond motifs is 3. The summed E-state index contributed by atoms with van der Waals surface area (Å²) in [5, 5.41) is 33.2. The van der Waals surface area contributed by atoms with E-state index in [1.54, 1.807) is 7.05 Å². The number of carbonyl (C=O) groups excluding carboxylic acids is 3. The Hall–Kier alpha value is -1.13. The first-order valence-electron chi connectivity index (χ1n) is 8.89. The third-order valence-electron chi connectivity index (χ3n) is 5.76. The van der Waals surface area contributed by atoms with Crippen LogP contribution < -0.4 is 40.0 Å². The van der Waals surface area contributed by atoms with E-state index < -0.39 is 36.0 Å². The Kier molecular flexibility index (Phi) is 6.96. The number of carboxylic acids is 1. The van der Waals surface area contributed by atoms with Crippen LogP contribution in [0.25, 0.3) is 0 Å². The number of nitrogens with zero attached hydrogens (tertiary/aromatic N) is 2. The molecule has 2 fully saturated rings. The molecule has 5 atom stereocenters. The normalized spacial score (nSPS) is 29.9. The first-order valence-corrected chi connectivity index (χ1v) is 8.89. The van der Waals surface area contributed by atoms with Crippen LogP contribution in [-0.4, -0.2) is 76.3 Å². The van der Waals surface area contributed by atoms with Crippen molar-refractivity contribution in [3.8, 4) is 0 Å². The molecule has 0 aromatic rings. The van der Waals surface area contributed by atoms with Crippen molar-refractivity contribution < 1.29 is 59.3 Å². The topological polar surface area (TPSA) is 133 Å². The van der Waals surface area contributed by atoms with Crippen LogP contribution in [0.2, 0.25) is 0 Å². The van der Waals surface area contributed by atoms with Crippen molar-refractivity contribution in [2.45, 2.75) is 44.4 Å². The predicted octanol–water partition coefficient (Wildman–Crippen LogP) is -4.98. The Balaban J connectivity index is 0.00000261. The van der Waals surface area contributed by atoms with Gasteiger partial charge in [-0.1, -0.05) is 6.42 Å². The maximum atomic E-state index is 12.4. The zero-order valence-corrected chi connectivity index (χ0v) is 17.8. The van der Waals surface area contributed by atoms with Crippen molar-refractivity contribution in [2.24, 2.45) is 11.8 Å². The number of aliphatic carboxylic acids is 1. The van der Waals surface area contributed by atoms with Gasteiger partial charge >= 0.3 is 35.6 Å². The Morgan fingerprint density at radius 2 is 2.07 bits per heavy atom. The Bertz CT molecular complexity index is 667. The van der Waals surface area contributed by atoms with E-state index >= 15 is 0 Å². The van der Waals surface area contributed by atoms with E-state index in [4.69, 9.17) is 5.11 Å². The van der Waals surface area contributed by atoms with Crippen LogP contribution in [0.1, 0.15) is 26.2 Å². The fraction of sp³-hybridized carbons (Fsp3) is 0.706. The van der Waals surface area contributed by atoms with E-state index in [1.807, 2.05) is 0 Å². The zero-order chi connectivity index (χ0) is 19.2. The molecule has 0 aromatic heterocycles. The van der Waals surface area contributed by atoms with Crippen LogP contribution >= 0.6 is 0 Å². The fourth-order valence-corrected chi connectivity index (χ4v) is 4.68. The number of aliphatic hydroxyl groups is 2. The molecule has 0 aromatic carbocycles. The molecule has 3 N–H and O–H groups in total.